The van der Waals surface area contributed by atoms with Crippen molar-refractivity contribution in [3.63, 3.8) is 0 Å². The van der Waals surface area contributed by atoms with Crippen LogP contribution < -0.4 is 5.32 Å². The van der Waals surface area contributed by atoms with Gasteiger partial charge in [0.25, 0.3) is 0 Å². The number of nitrogens with one attached hydrogen (secondary N) is 1. The maximum Gasteiger partial charge on any atom is 0.0986 e. The van der Waals surface area contributed by atoms with E-state index in [4.69, 9.17) is 14.6 Å². The molecule has 0 radical (unpaired) electrons. The zero-order valence-corrected chi connectivity index (χ0v) is 10.6. The summed E-state index contributed by atoms with van der Waals surface area (Å²) >= 11 is 0. The molecular formula is C12H25NO3. The molecule has 1 rings (SSSR count). The molecule has 0 aliphatic heterocycles. The number of ether oxygens (including phenoxy) is 2. The first-order valence-electron chi connectivity index (χ1n) is 6.28. The molecule has 0 aromatic carbocycles. The maximum absolute atomic E-state index is 8.93. The van der Waals surface area contributed by atoms with Gasteiger partial charge in [-0.15, -0.1) is 0 Å². The van der Waals surface area contributed by atoms with Crippen molar-refractivity contribution in [1.29, 1.82) is 0 Å². The van der Waals surface area contributed by atoms with E-state index < -0.39 is 0 Å². The average Bonchev–Trinajstić information content (AvgIpc) is 2.26. The summed E-state index contributed by atoms with van der Waals surface area (Å²) in [6, 6.07) is 0.758. The predicted molar refractivity (Wildman–Crippen MR) is 63.5 cm³/mol. The Morgan fingerprint density at radius 2 is 2.19 bits per heavy atom. The van der Waals surface area contributed by atoms with Crippen molar-refractivity contribution in [3.8, 4) is 0 Å². The Kier molecular flexibility index (Phi) is 6.28. The third kappa shape index (κ3) is 3.42. The number of rotatable bonds is 8. The van der Waals surface area contributed by atoms with Gasteiger partial charge in [-0.3, -0.25) is 0 Å². The van der Waals surface area contributed by atoms with Gasteiger partial charge in [0.05, 0.1) is 12.2 Å². The van der Waals surface area contributed by atoms with Gasteiger partial charge in [-0.25, -0.2) is 0 Å². The van der Waals surface area contributed by atoms with Crippen LogP contribution >= 0.6 is 0 Å². The van der Waals surface area contributed by atoms with Crippen LogP contribution in [-0.2, 0) is 9.47 Å². The fraction of sp³-hybridized carbons (Fsp3) is 1.00. The lowest BCUT2D eigenvalue weighted by Gasteiger charge is -2.45. The molecule has 4 unspecified atom stereocenters. The molecular weight excluding hydrogens is 206 g/mol. The lowest BCUT2D eigenvalue weighted by atomic mass is 9.84. The van der Waals surface area contributed by atoms with E-state index in [1.807, 2.05) is 6.92 Å². The molecule has 1 aliphatic carbocycles. The summed E-state index contributed by atoms with van der Waals surface area (Å²) in [7, 11) is 1.73. The Morgan fingerprint density at radius 3 is 2.69 bits per heavy atom. The van der Waals surface area contributed by atoms with Crippen molar-refractivity contribution in [1.82, 2.24) is 5.32 Å². The fourth-order valence-electron chi connectivity index (χ4n) is 2.30. The quantitative estimate of drug-likeness (QED) is 0.652. The Morgan fingerprint density at radius 1 is 1.44 bits per heavy atom. The van der Waals surface area contributed by atoms with Gasteiger partial charge in [-0.1, -0.05) is 6.92 Å². The van der Waals surface area contributed by atoms with E-state index in [0.29, 0.717) is 12.1 Å². The van der Waals surface area contributed by atoms with Gasteiger partial charge in [0.2, 0.25) is 0 Å². The van der Waals surface area contributed by atoms with Crippen molar-refractivity contribution in [3.05, 3.63) is 0 Å². The van der Waals surface area contributed by atoms with Gasteiger partial charge in [0.1, 0.15) is 0 Å². The largest absolute Gasteiger partial charge is 0.396 e. The molecule has 4 atom stereocenters. The lowest BCUT2D eigenvalue weighted by Crippen LogP contribution is -2.61. The Labute approximate surface area is 98.3 Å². The van der Waals surface area contributed by atoms with Crippen LogP contribution in [0.4, 0.5) is 0 Å². The second-order valence-electron chi connectivity index (χ2n) is 4.32. The van der Waals surface area contributed by atoms with Gasteiger partial charge < -0.3 is 19.9 Å². The molecule has 2 N–H and O–H groups in total. The first-order chi connectivity index (χ1) is 7.76. The highest BCUT2D eigenvalue weighted by atomic mass is 16.5. The molecule has 0 saturated heterocycles. The molecule has 0 heterocycles. The molecule has 0 aromatic heterocycles. The molecule has 0 spiro atoms. The minimum absolute atomic E-state index is 0.160. The molecule has 4 nitrogen and oxygen atoms in total. The summed E-state index contributed by atoms with van der Waals surface area (Å²) in [5, 5.41) is 12.5. The smallest absolute Gasteiger partial charge is 0.0986 e. The van der Waals surface area contributed by atoms with E-state index in [-0.39, 0.29) is 18.8 Å². The lowest BCUT2D eigenvalue weighted by molar-refractivity contribution is -0.133. The third-order valence-electron chi connectivity index (χ3n) is 3.32. The summed E-state index contributed by atoms with van der Waals surface area (Å²) in [6.45, 7) is 5.12. The molecule has 0 amide bonds. The summed E-state index contributed by atoms with van der Waals surface area (Å²) in [5.41, 5.74) is 0. The Balaban J connectivity index is 2.32. The van der Waals surface area contributed by atoms with Crippen molar-refractivity contribution in [2.75, 3.05) is 20.3 Å². The first kappa shape index (κ1) is 13.9. The molecule has 16 heavy (non-hydrogen) atoms. The number of aliphatic hydroxyl groups is 1. The van der Waals surface area contributed by atoms with Gasteiger partial charge in [0, 0.05) is 32.4 Å². The van der Waals surface area contributed by atoms with Crippen LogP contribution in [0.2, 0.25) is 0 Å². The first-order valence-corrected chi connectivity index (χ1v) is 6.28. The highest BCUT2D eigenvalue weighted by Gasteiger charge is 2.42. The van der Waals surface area contributed by atoms with Crippen molar-refractivity contribution < 1.29 is 14.6 Å². The van der Waals surface area contributed by atoms with E-state index in [9.17, 15) is 0 Å². The van der Waals surface area contributed by atoms with Crippen LogP contribution in [0.3, 0.4) is 0 Å². The van der Waals surface area contributed by atoms with Gasteiger partial charge in [-0.05, 0) is 26.2 Å². The summed E-state index contributed by atoms with van der Waals surface area (Å²) < 4.78 is 11.0. The van der Waals surface area contributed by atoms with E-state index in [1.165, 1.54) is 0 Å². The van der Waals surface area contributed by atoms with E-state index in [1.54, 1.807) is 7.11 Å². The monoisotopic (exact) mass is 231 g/mol. The molecule has 96 valence electrons. The average molecular weight is 231 g/mol. The predicted octanol–water partition coefficient (Wildman–Crippen LogP) is 0.929. The number of hydrogen-bond donors (Lipinski definition) is 2. The second kappa shape index (κ2) is 7.22. The third-order valence-corrected chi connectivity index (χ3v) is 3.32. The topological polar surface area (TPSA) is 50.7 Å². The highest BCUT2D eigenvalue weighted by Crippen LogP contribution is 2.27. The minimum Gasteiger partial charge on any atom is -0.396 e. The molecule has 1 fully saturated rings. The molecule has 0 aromatic rings. The Bertz CT molecular complexity index is 189. The van der Waals surface area contributed by atoms with Gasteiger partial charge in [-0.2, -0.15) is 0 Å². The normalized spacial score (nSPS) is 31.1. The fourth-order valence-corrected chi connectivity index (χ4v) is 2.30. The second-order valence-corrected chi connectivity index (χ2v) is 4.32. The number of methoxy groups -OCH3 is 1. The zero-order valence-electron chi connectivity index (χ0n) is 10.6. The van der Waals surface area contributed by atoms with Crippen LogP contribution in [0.1, 0.15) is 33.1 Å². The van der Waals surface area contributed by atoms with Crippen LogP contribution in [0, 0.1) is 0 Å². The van der Waals surface area contributed by atoms with Gasteiger partial charge in [0.15, 0.2) is 0 Å². The summed E-state index contributed by atoms with van der Waals surface area (Å²) in [4.78, 5) is 0. The number of aliphatic hydroxyl groups excluding tert-OH is 1. The van der Waals surface area contributed by atoms with Crippen molar-refractivity contribution in [2.45, 2.75) is 57.4 Å². The molecule has 4 heteroatoms. The van der Waals surface area contributed by atoms with E-state index in [0.717, 1.165) is 25.9 Å². The van der Waals surface area contributed by atoms with Crippen LogP contribution in [-0.4, -0.2) is 49.7 Å². The molecule has 1 saturated carbocycles. The van der Waals surface area contributed by atoms with Crippen LogP contribution in [0.15, 0.2) is 0 Å². The zero-order chi connectivity index (χ0) is 12.0. The Hall–Kier alpha value is -0.160. The maximum atomic E-state index is 8.93. The standard InChI is InChI=1S/C12H25NO3/c1-4-9(6-7-14)13-10-8-11(16-5-2)12(10)15-3/h9-14H,4-8H2,1-3H3. The van der Waals surface area contributed by atoms with Crippen molar-refractivity contribution in [2.24, 2.45) is 0 Å². The molecule has 0 bridgehead atoms. The van der Waals surface area contributed by atoms with Crippen LogP contribution in [0.5, 0.6) is 0 Å². The van der Waals surface area contributed by atoms with Crippen molar-refractivity contribution >= 4 is 0 Å². The number of hydrogen-bond acceptors (Lipinski definition) is 4. The highest BCUT2D eigenvalue weighted by molar-refractivity contribution is 4.98. The molecule has 1 aliphatic rings. The summed E-state index contributed by atoms with van der Waals surface area (Å²) in [5.74, 6) is 0. The summed E-state index contributed by atoms with van der Waals surface area (Å²) in [6.07, 6.45) is 3.25. The van der Waals surface area contributed by atoms with Crippen LogP contribution in [0.25, 0.3) is 0 Å². The SMILES string of the molecule is CCOC1CC(NC(CC)CCO)C1OC. The van der Waals surface area contributed by atoms with E-state index in [2.05, 4.69) is 12.2 Å². The van der Waals surface area contributed by atoms with E-state index >= 15 is 0 Å². The minimum atomic E-state index is 0.160. The van der Waals surface area contributed by atoms with Gasteiger partial charge >= 0.3 is 0 Å².